The summed E-state index contributed by atoms with van der Waals surface area (Å²) in [4.78, 5) is 0. The van der Waals surface area contributed by atoms with E-state index in [1.807, 2.05) is 6.07 Å². The summed E-state index contributed by atoms with van der Waals surface area (Å²) < 4.78 is 41.5. The van der Waals surface area contributed by atoms with Crippen molar-refractivity contribution in [3.63, 3.8) is 0 Å². The largest absolute Gasteiger partial charge is 0.419 e. The molecule has 2 aromatic rings. The summed E-state index contributed by atoms with van der Waals surface area (Å²) in [5, 5.41) is 18.7. The van der Waals surface area contributed by atoms with E-state index >= 15 is 0 Å². The van der Waals surface area contributed by atoms with Crippen LogP contribution >= 0.6 is 0 Å². The number of rotatable bonds is 5. The Hall–Kier alpha value is -1.93. The summed E-state index contributed by atoms with van der Waals surface area (Å²) in [7, 11) is 0. The van der Waals surface area contributed by atoms with E-state index in [1.54, 1.807) is 24.3 Å². The lowest BCUT2D eigenvalue weighted by Gasteiger charge is -2.14. The first-order chi connectivity index (χ1) is 9.47. The molecule has 1 atom stereocenters. The molecule has 0 radical (unpaired) electrons. The smallest absolute Gasteiger partial charge is 0.415 e. The first kappa shape index (κ1) is 14.5. The van der Waals surface area contributed by atoms with E-state index in [4.69, 9.17) is 9.52 Å². The van der Waals surface area contributed by atoms with Gasteiger partial charge < -0.3 is 14.8 Å². The second-order valence-corrected chi connectivity index (χ2v) is 4.06. The van der Waals surface area contributed by atoms with Gasteiger partial charge in [0.05, 0.1) is 6.54 Å². The fraction of sp³-hybridized carbons (Fsp3) is 0.333. The minimum absolute atomic E-state index is 0.0486. The Morgan fingerprint density at radius 2 is 1.90 bits per heavy atom. The molecule has 0 bridgehead atoms. The van der Waals surface area contributed by atoms with Crippen LogP contribution in [0.1, 0.15) is 5.89 Å². The highest BCUT2D eigenvalue weighted by atomic mass is 19.4. The van der Waals surface area contributed by atoms with Crippen LogP contribution in [0.2, 0.25) is 0 Å². The lowest BCUT2D eigenvalue weighted by molar-refractivity contribution is -0.201. The maximum atomic E-state index is 12.1. The van der Waals surface area contributed by atoms with Gasteiger partial charge in [-0.15, -0.1) is 10.2 Å². The highest BCUT2D eigenvalue weighted by Crippen LogP contribution is 2.19. The van der Waals surface area contributed by atoms with Gasteiger partial charge in [0.15, 0.2) is 6.10 Å². The van der Waals surface area contributed by atoms with Gasteiger partial charge >= 0.3 is 6.18 Å². The summed E-state index contributed by atoms with van der Waals surface area (Å²) in [5.41, 5.74) is 0.724. The number of nitrogens with one attached hydrogen (secondary N) is 1. The van der Waals surface area contributed by atoms with Crippen molar-refractivity contribution in [1.82, 2.24) is 15.5 Å². The first-order valence-corrected chi connectivity index (χ1v) is 5.80. The van der Waals surface area contributed by atoms with Crippen molar-refractivity contribution in [2.45, 2.75) is 18.8 Å². The SMILES string of the molecule is OC(CNCc1nnc(-c2ccccc2)o1)C(F)(F)F. The van der Waals surface area contributed by atoms with E-state index in [0.717, 1.165) is 5.56 Å². The van der Waals surface area contributed by atoms with Crippen LogP contribution in [0.15, 0.2) is 34.7 Å². The van der Waals surface area contributed by atoms with Gasteiger partial charge in [-0.1, -0.05) is 18.2 Å². The van der Waals surface area contributed by atoms with Crippen LogP contribution in [0.3, 0.4) is 0 Å². The van der Waals surface area contributed by atoms with Crippen molar-refractivity contribution in [2.24, 2.45) is 0 Å². The molecule has 5 nitrogen and oxygen atoms in total. The molecule has 0 aliphatic rings. The van der Waals surface area contributed by atoms with Gasteiger partial charge in [0.2, 0.25) is 11.8 Å². The maximum absolute atomic E-state index is 12.1. The van der Waals surface area contributed by atoms with Crippen molar-refractivity contribution < 1.29 is 22.7 Å². The van der Waals surface area contributed by atoms with E-state index in [-0.39, 0.29) is 12.4 Å². The molecule has 0 fully saturated rings. The summed E-state index contributed by atoms with van der Waals surface area (Å²) in [6.07, 6.45) is -7.06. The molecule has 1 aromatic carbocycles. The predicted octanol–water partition coefficient (Wildman–Crippen LogP) is 1.75. The Labute approximate surface area is 112 Å². The van der Waals surface area contributed by atoms with E-state index in [9.17, 15) is 13.2 Å². The lowest BCUT2D eigenvalue weighted by atomic mass is 10.2. The molecule has 1 unspecified atom stereocenters. The molecule has 0 saturated heterocycles. The Morgan fingerprint density at radius 1 is 1.20 bits per heavy atom. The van der Waals surface area contributed by atoms with Crippen LogP contribution in [0.25, 0.3) is 11.5 Å². The van der Waals surface area contributed by atoms with E-state index in [0.29, 0.717) is 5.89 Å². The Morgan fingerprint density at radius 3 is 2.55 bits per heavy atom. The van der Waals surface area contributed by atoms with Gasteiger partial charge in [-0.3, -0.25) is 0 Å². The van der Waals surface area contributed by atoms with Gasteiger partial charge in [-0.2, -0.15) is 13.2 Å². The van der Waals surface area contributed by atoms with E-state index in [2.05, 4.69) is 15.5 Å². The molecule has 20 heavy (non-hydrogen) atoms. The molecular formula is C12H12F3N3O2. The number of aromatic nitrogens is 2. The first-order valence-electron chi connectivity index (χ1n) is 5.80. The zero-order chi connectivity index (χ0) is 14.6. The highest BCUT2D eigenvalue weighted by molar-refractivity contribution is 5.51. The van der Waals surface area contributed by atoms with Crippen LogP contribution < -0.4 is 5.32 Å². The Bertz CT molecular complexity index is 542. The van der Waals surface area contributed by atoms with Gasteiger partial charge in [0, 0.05) is 12.1 Å². The van der Waals surface area contributed by atoms with Crippen molar-refractivity contribution in [3.8, 4) is 11.5 Å². The number of nitrogens with zero attached hydrogens (tertiary/aromatic N) is 2. The number of aliphatic hydroxyl groups excluding tert-OH is 1. The van der Waals surface area contributed by atoms with Crippen LogP contribution in [-0.4, -0.2) is 34.1 Å². The van der Waals surface area contributed by atoms with Gasteiger partial charge in [0.1, 0.15) is 0 Å². The van der Waals surface area contributed by atoms with Crippen molar-refractivity contribution in [2.75, 3.05) is 6.54 Å². The minimum Gasteiger partial charge on any atom is -0.419 e. The van der Waals surface area contributed by atoms with Crippen LogP contribution in [0.4, 0.5) is 13.2 Å². The highest BCUT2D eigenvalue weighted by Gasteiger charge is 2.37. The monoisotopic (exact) mass is 287 g/mol. The zero-order valence-electron chi connectivity index (χ0n) is 10.3. The summed E-state index contributed by atoms with van der Waals surface area (Å²) in [6.45, 7) is -0.681. The van der Waals surface area contributed by atoms with Crippen LogP contribution in [0, 0.1) is 0 Å². The molecular weight excluding hydrogens is 275 g/mol. The van der Waals surface area contributed by atoms with Crippen molar-refractivity contribution >= 4 is 0 Å². The number of benzene rings is 1. The van der Waals surface area contributed by atoms with Gasteiger partial charge in [-0.05, 0) is 12.1 Å². The van der Waals surface area contributed by atoms with E-state index < -0.39 is 18.8 Å². The van der Waals surface area contributed by atoms with Crippen LogP contribution in [0.5, 0.6) is 0 Å². The average Bonchev–Trinajstić information content (AvgIpc) is 2.87. The second kappa shape index (κ2) is 6.02. The molecule has 0 spiro atoms. The molecule has 0 aliphatic heterocycles. The fourth-order valence-electron chi connectivity index (χ4n) is 1.45. The topological polar surface area (TPSA) is 71.2 Å². The second-order valence-electron chi connectivity index (χ2n) is 4.06. The normalized spacial score (nSPS) is 13.4. The minimum atomic E-state index is -4.64. The summed E-state index contributed by atoms with van der Waals surface area (Å²) in [5.74, 6) is 0.442. The number of hydrogen-bond donors (Lipinski definition) is 2. The number of hydrogen-bond acceptors (Lipinski definition) is 5. The maximum Gasteiger partial charge on any atom is 0.415 e. The standard InChI is InChI=1S/C12H12F3N3O2/c13-12(14,15)9(19)6-16-7-10-17-18-11(20-10)8-4-2-1-3-5-8/h1-5,9,16,19H,6-7H2. The van der Waals surface area contributed by atoms with E-state index in [1.165, 1.54) is 0 Å². The third-order valence-corrected chi connectivity index (χ3v) is 2.48. The van der Waals surface area contributed by atoms with Crippen LogP contribution in [-0.2, 0) is 6.54 Å². The molecule has 0 aliphatic carbocycles. The lowest BCUT2D eigenvalue weighted by Crippen LogP contribution is -2.38. The van der Waals surface area contributed by atoms with Gasteiger partial charge in [-0.25, -0.2) is 0 Å². The molecule has 1 heterocycles. The molecule has 2 rings (SSSR count). The molecule has 1 aromatic heterocycles. The summed E-state index contributed by atoms with van der Waals surface area (Å²) in [6, 6.07) is 8.99. The predicted molar refractivity (Wildman–Crippen MR) is 63.5 cm³/mol. The van der Waals surface area contributed by atoms with Crippen molar-refractivity contribution in [1.29, 1.82) is 0 Å². The Kier molecular flexibility index (Phi) is 4.35. The molecule has 8 heteroatoms. The molecule has 2 N–H and O–H groups in total. The molecule has 0 amide bonds. The van der Waals surface area contributed by atoms with Crippen molar-refractivity contribution in [3.05, 3.63) is 36.2 Å². The average molecular weight is 287 g/mol. The molecule has 0 saturated carbocycles. The van der Waals surface area contributed by atoms with Gasteiger partial charge in [0.25, 0.3) is 0 Å². The third-order valence-electron chi connectivity index (χ3n) is 2.48. The summed E-state index contributed by atoms with van der Waals surface area (Å²) >= 11 is 0. The molecule has 108 valence electrons. The number of aliphatic hydroxyl groups is 1. The zero-order valence-corrected chi connectivity index (χ0v) is 10.3. The third kappa shape index (κ3) is 3.78. The number of halogens is 3. The Balaban J connectivity index is 1.88. The number of alkyl halides is 3. The quantitative estimate of drug-likeness (QED) is 0.876. The fourth-order valence-corrected chi connectivity index (χ4v) is 1.45.